The number of allylic oxidation sites excluding steroid dienone is 4. The zero-order valence-corrected chi connectivity index (χ0v) is 51.6. The fourth-order valence-electron chi connectivity index (χ4n) is 10.5. The first kappa shape index (κ1) is 73.9. The summed E-state index contributed by atoms with van der Waals surface area (Å²) in [6, 6.07) is 0. The highest BCUT2D eigenvalue weighted by Gasteiger charge is 2.19. The van der Waals surface area contributed by atoms with Crippen molar-refractivity contribution in [2.75, 3.05) is 13.2 Å². The summed E-state index contributed by atoms with van der Waals surface area (Å²) in [6.45, 7) is 6.62. The second-order valence-electron chi connectivity index (χ2n) is 23.5. The van der Waals surface area contributed by atoms with E-state index < -0.39 is 6.10 Å². The minimum Gasteiger partial charge on any atom is -0.462 e. The van der Waals surface area contributed by atoms with Crippen LogP contribution in [0.1, 0.15) is 387 Å². The summed E-state index contributed by atoms with van der Waals surface area (Å²) < 4.78 is 16.8. The first-order chi connectivity index (χ1) is 37.5. The van der Waals surface area contributed by atoms with Crippen molar-refractivity contribution < 1.29 is 28.6 Å². The first-order valence-corrected chi connectivity index (χ1v) is 34.3. The Kier molecular flexibility index (Phi) is 63.6. The van der Waals surface area contributed by atoms with Crippen LogP contribution in [0.25, 0.3) is 0 Å². The molecular weight excluding hydrogens is 937 g/mol. The summed E-state index contributed by atoms with van der Waals surface area (Å²) in [5.74, 6) is -0.851. The smallest absolute Gasteiger partial charge is 0.306 e. The van der Waals surface area contributed by atoms with Gasteiger partial charge in [-0.2, -0.15) is 0 Å². The third kappa shape index (κ3) is 62.7. The Labute approximate surface area is 474 Å². The maximum atomic E-state index is 12.8. The van der Waals surface area contributed by atoms with Crippen LogP contribution >= 0.6 is 0 Å². The van der Waals surface area contributed by atoms with E-state index >= 15 is 0 Å². The quantitative estimate of drug-likeness (QED) is 0.0261. The molecule has 0 aromatic heterocycles. The van der Waals surface area contributed by atoms with E-state index in [0.29, 0.717) is 19.3 Å². The number of carbonyl (C=O) groups is 3. The molecular formula is C70H132O6. The highest BCUT2D eigenvalue weighted by Crippen LogP contribution is 2.19. The molecule has 0 aromatic carbocycles. The van der Waals surface area contributed by atoms with Gasteiger partial charge in [-0.25, -0.2) is 0 Å². The van der Waals surface area contributed by atoms with Gasteiger partial charge in [-0.3, -0.25) is 14.4 Å². The summed E-state index contributed by atoms with van der Waals surface area (Å²) in [5.41, 5.74) is 0. The molecule has 0 aliphatic rings. The van der Waals surface area contributed by atoms with Gasteiger partial charge in [-0.15, -0.1) is 0 Å². The number of hydrogen-bond acceptors (Lipinski definition) is 6. The molecule has 0 saturated carbocycles. The van der Waals surface area contributed by atoms with Crippen molar-refractivity contribution in [1.29, 1.82) is 0 Å². The summed E-state index contributed by atoms with van der Waals surface area (Å²) in [6.07, 6.45) is 79.8. The molecule has 0 rings (SSSR count). The Hall–Kier alpha value is -2.11. The average Bonchev–Trinajstić information content (AvgIpc) is 3.42. The van der Waals surface area contributed by atoms with Crippen LogP contribution in [0, 0.1) is 0 Å². The van der Waals surface area contributed by atoms with Gasteiger partial charge in [0, 0.05) is 19.3 Å². The van der Waals surface area contributed by atoms with Crippen molar-refractivity contribution in [1.82, 2.24) is 0 Å². The van der Waals surface area contributed by atoms with Crippen molar-refractivity contribution in [3.63, 3.8) is 0 Å². The second-order valence-corrected chi connectivity index (χ2v) is 23.5. The first-order valence-electron chi connectivity index (χ1n) is 34.3. The van der Waals surface area contributed by atoms with E-state index in [2.05, 4.69) is 45.1 Å². The molecule has 0 aliphatic heterocycles. The van der Waals surface area contributed by atoms with E-state index in [4.69, 9.17) is 14.2 Å². The van der Waals surface area contributed by atoms with Crippen molar-refractivity contribution >= 4 is 17.9 Å². The lowest BCUT2D eigenvalue weighted by molar-refractivity contribution is -0.167. The van der Waals surface area contributed by atoms with Crippen LogP contribution < -0.4 is 0 Å². The Balaban J connectivity index is 3.88. The molecule has 0 bridgehead atoms. The number of unbranched alkanes of at least 4 members (excludes halogenated alkanes) is 49. The van der Waals surface area contributed by atoms with Gasteiger partial charge in [-0.05, 0) is 51.4 Å². The van der Waals surface area contributed by atoms with Gasteiger partial charge in [0.25, 0.3) is 0 Å². The summed E-state index contributed by atoms with van der Waals surface area (Å²) >= 11 is 0. The molecule has 0 saturated heterocycles. The lowest BCUT2D eigenvalue weighted by Gasteiger charge is -2.18. The third-order valence-electron chi connectivity index (χ3n) is 15.7. The van der Waals surface area contributed by atoms with Crippen LogP contribution in [0.15, 0.2) is 24.3 Å². The van der Waals surface area contributed by atoms with Crippen LogP contribution in [-0.2, 0) is 28.6 Å². The zero-order chi connectivity index (χ0) is 55.0. The number of carbonyl (C=O) groups excluding carboxylic acids is 3. The molecule has 0 aliphatic carbocycles. The molecule has 76 heavy (non-hydrogen) atoms. The normalized spacial score (nSPS) is 12.1. The molecule has 0 spiro atoms. The van der Waals surface area contributed by atoms with Gasteiger partial charge in [-0.1, -0.05) is 340 Å². The summed E-state index contributed by atoms with van der Waals surface area (Å²) in [4.78, 5) is 37.9. The average molecular weight is 1070 g/mol. The molecule has 0 heterocycles. The van der Waals surface area contributed by atoms with Crippen LogP contribution in [0.3, 0.4) is 0 Å². The Morgan fingerprint density at radius 2 is 0.474 bits per heavy atom. The molecule has 0 aromatic rings. The number of ether oxygens (including phenoxy) is 3. The van der Waals surface area contributed by atoms with Gasteiger partial charge in [0.1, 0.15) is 13.2 Å². The highest BCUT2D eigenvalue weighted by atomic mass is 16.6. The SMILES string of the molecule is CCCCCCC/C=C\C/C=C\CCCCCCCCCCCCCCCCCCCCCCCC(=O)OCC(COC(=O)CCCCCCC)OC(=O)CCCCCCCCCCCCCCCCCCCCCC. The van der Waals surface area contributed by atoms with Crippen molar-refractivity contribution in [3.05, 3.63) is 24.3 Å². The van der Waals surface area contributed by atoms with Crippen LogP contribution in [0.5, 0.6) is 0 Å². The van der Waals surface area contributed by atoms with Gasteiger partial charge in [0.15, 0.2) is 6.10 Å². The molecule has 0 N–H and O–H groups in total. The van der Waals surface area contributed by atoms with E-state index in [-0.39, 0.29) is 31.1 Å². The fraction of sp³-hybridized carbons (Fsp3) is 0.900. The van der Waals surface area contributed by atoms with Crippen molar-refractivity contribution in [2.24, 2.45) is 0 Å². The standard InChI is InChI=1S/C70H132O6/c1-4-7-10-13-15-17-19-21-23-25-27-29-30-31-32-33-34-35-36-37-38-39-40-41-43-44-46-48-50-52-54-57-60-63-69(72)75-66-67(65-74-68(71)62-59-56-12-9-6-3)76-70(73)64-61-58-55-53-51-49-47-45-42-28-26-24-22-20-18-16-14-11-8-5-2/h19,21,25,27,67H,4-18,20,22-24,26,28-66H2,1-3H3/b21-19-,27-25-. The second kappa shape index (κ2) is 65.4. The number of rotatable bonds is 64. The van der Waals surface area contributed by atoms with Crippen LogP contribution in [0.4, 0.5) is 0 Å². The maximum Gasteiger partial charge on any atom is 0.306 e. The summed E-state index contributed by atoms with van der Waals surface area (Å²) in [5, 5.41) is 0. The highest BCUT2D eigenvalue weighted by molar-refractivity contribution is 5.71. The molecule has 448 valence electrons. The largest absolute Gasteiger partial charge is 0.462 e. The predicted octanol–water partition coefficient (Wildman–Crippen LogP) is 23.4. The van der Waals surface area contributed by atoms with Gasteiger partial charge in [0.05, 0.1) is 0 Å². The Bertz CT molecular complexity index is 1230. The van der Waals surface area contributed by atoms with Gasteiger partial charge >= 0.3 is 17.9 Å². The number of esters is 3. The van der Waals surface area contributed by atoms with E-state index in [0.717, 1.165) is 70.6 Å². The van der Waals surface area contributed by atoms with Gasteiger partial charge in [0.2, 0.25) is 0 Å². The Morgan fingerprint density at radius 3 is 0.724 bits per heavy atom. The zero-order valence-electron chi connectivity index (χ0n) is 51.6. The van der Waals surface area contributed by atoms with Gasteiger partial charge < -0.3 is 14.2 Å². The van der Waals surface area contributed by atoms with Crippen molar-refractivity contribution in [2.45, 2.75) is 393 Å². The lowest BCUT2D eigenvalue weighted by Crippen LogP contribution is -2.30. The third-order valence-corrected chi connectivity index (χ3v) is 15.7. The lowest BCUT2D eigenvalue weighted by atomic mass is 10.0. The minimum absolute atomic E-state index is 0.0646. The van der Waals surface area contributed by atoms with Crippen LogP contribution in [-0.4, -0.2) is 37.2 Å². The van der Waals surface area contributed by atoms with E-state index in [1.165, 1.54) is 276 Å². The molecule has 6 heteroatoms. The topological polar surface area (TPSA) is 78.9 Å². The molecule has 6 nitrogen and oxygen atoms in total. The molecule has 0 amide bonds. The summed E-state index contributed by atoms with van der Waals surface area (Å²) in [7, 11) is 0. The minimum atomic E-state index is -0.763. The predicted molar refractivity (Wildman–Crippen MR) is 330 cm³/mol. The number of hydrogen-bond donors (Lipinski definition) is 0. The molecule has 1 atom stereocenters. The Morgan fingerprint density at radius 1 is 0.263 bits per heavy atom. The molecule has 0 radical (unpaired) electrons. The van der Waals surface area contributed by atoms with E-state index in [1.54, 1.807) is 0 Å². The van der Waals surface area contributed by atoms with Crippen molar-refractivity contribution in [3.8, 4) is 0 Å². The van der Waals surface area contributed by atoms with E-state index in [9.17, 15) is 14.4 Å². The van der Waals surface area contributed by atoms with Crippen LogP contribution in [0.2, 0.25) is 0 Å². The molecule has 0 fully saturated rings. The maximum absolute atomic E-state index is 12.8. The molecule has 1 unspecified atom stereocenters. The monoisotopic (exact) mass is 1070 g/mol. The van der Waals surface area contributed by atoms with E-state index in [1.807, 2.05) is 0 Å². The fourth-order valence-corrected chi connectivity index (χ4v) is 10.5.